The fraction of sp³-hybridized carbons (Fsp3) is 0.635. The molecule has 0 saturated heterocycles. The van der Waals surface area contributed by atoms with Gasteiger partial charge in [-0.1, -0.05) is 229 Å². The summed E-state index contributed by atoms with van der Waals surface area (Å²) in [4.78, 5) is 10.8. The van der Waals surface area contributed by atoms with E-state index < -0.39 is 4.33 Å². The van der Waals surface area contributed by atoms with Crippen LogP contribution in [0.3, 0.4) is 0 Å². The maximum atomic E-state index is 10.00. The van der Waals surface area contributed by atoms with Crippen LogP contribution < -0.4 is 63.3 Å². The Hall–Kier alpha value is -1.22. The van der Waals surface area contributed by atoms with E-state index in [0.717, 1.165) is 31.3 Å². The zero-order valence-electron chi connectivity index (χ0n) is 46.4. The molecule has 432 valence electrons. The quantitative estimate of drug-likeness (QED) is 0.0517. The van der Waals surface area contributed by atoms with E-state index >= 15 is 0 Å². The minimum absolute atomic E-state index is 0. The molecular formula is C63H94Cl5N5NaO4-. The molecule has 5 fully saturated rings. The Morgan fingerprint density at radius 2 is 0.974 bits per heavy atom. The van der Waals surface area contributed by atoms with Crippen molar-refractivity contribution in [1.29, 1.82) is 0 Å². The second-order valence-electron chi connectivity index (χ2n) is 22.4. The molecule has 6 aliphatic rings. The number of hydrogen-bond acceptors (Lipinski definition) is 9. The van der Waals surface area contributed by atoms with Crippen LogP contribution in [-0.2, 0) is 19.3 Å². The molecule has 0 spiro atoms. The number of halogens is 5. The number of aliphatic hydroxyl groups excluding tert-OH is 3. The number of anilines is 1. The third-order valence-corrected chi connectivity index (χ3v) is 19.0. The first-order chi connectivity index (χ1) is 35.9. The maximum Gasteiger partial charge on any atom is 1.00 e. The van der Waals surface area contributed by atoms with E-state index in [1.165, 1.54) is 162 Å². The number of nitrogens with zero attached hydrogens (tertiary/aromatic N) is 3. The third-order valence-electron chi connectivity index (χ3n) is 16.8. The van der Waals surface area contributed by atoms with E-state index in [4.69, 9.17) is 62.2 Å². The standard InChI is InChI=1S/C25H40N2O.C25H36N2O.C9H13NO.C3Cl4.CH4.ClH.Na.H2O/c2*1-19-24(26-21(18-28)17-20-11-5-2-6-12-20)25(19)27(22-13-7-3-8-14-22)23-15-9-4-10-16-23;10-9(7-11)6-8-4-2-1-3-5-8;4-1-2(5)3(1,6)7;;;;/h2,5-6,11-12,19,21-26,28H,3-4,7-10,13-18H2,1H3;2,5-6,11-12,21-23,28H,3-4,7-10,13-18H2,1H3;1-5,9,11H,6-7,10H2;;1H4;1H;;1H2/q;;;;;;+1;/p-2/t19?,21-,24?,25?;21-;9-;;;;;/m000...../s1. The van der Waals surface area contributed by atoms with Crippen molar-refractivity contribution in [3.63, 3.8) is 0 Å². The smallest absolute Gasteiger partial charge is 1.00 e. The Morgan fingerprint density at radius 1 is 0.603 bits per heavy atom. The van der Waals surface area contributed by atoms with Crippen LogP contribution in [0.1, 0.15) is 165 Å². The maximum absolute atomic E-state index is 10.00. The SMILES string of the molecule is C.CC1C(N[C@H](CO)Cc2ccccc2)C1N(C1CCCCC1)C1CCCCC1.Cc1c(N(C2CCCCC2)C2CCCCC2)c1=N[C@H](CO)Cc1ccccc1.ClC1=C(Cl)C1(Cl)Cl.N[C@H](CO)Cc1ccccc1.[Cl-].[Na+].[OH-]. The normalized spacial score (nSPS) is 22.7. The van der Waals surface area contributed by atoms with Gasteiger partial charge in [0.05, 0.1) is 47.0 Å². The molecule has 7 N–H and O–H groups in total. The minimum atomic E-state index is -1.02. The first-order valence-corrected chi connectivity index (χ1v) is 30.2. The van der Waals surface area contributed by atoms with Crippen LogP contribution in [0, 0.1) is 12.8 Å². The number of nitrogens with one attached hydrogen (secondary N) is 1. The molecular weight excluding hydrogens is 1090 g/mol. The van der Waals surface area contributed by atoms with Crippen LogP contribution in [0.15, 0.2) is 106 Å². The van der Waals surface area contributed by atoms with Crippen molar-refractivity contribution in [2.75, 3.05) is 24.7 Å². The van der Waals surface area contributed by atoms with Crippen molar-refractivity contribution in [1.82, 2.24) is 10.2 Å². The molecule has 4 aromatic carbocycles. The molecule has 4 aromatic rings. The summed E-state index contributed by atoms with van der Waals surface area (Å²) in [5.41, 5.74) is 12.1. The minimum Gasteiger partial charge on any atom is -1.00 e. The molecule has 3 unspecified atom stereocenters. The first kappa shape index (κ1) is 71.0. The molecule has 6 atom stereocenters. The van der Waals surface area contributed by atoms with Gasteiger partial charge in [-0.15, -0.1) is 0 Å². The van der Waals surface area contributed by atoms with Crippen molar-refractivity contribution < 1.29 is 62.8 Å². The van der Waals surface area contributed by atoms with E-state index in [2.05, 4.69) is 83.6 Å². The van der Waals surface area contributed by atoms with Crippen molar-refractivity contribution in [3.05, 3.63) is 129 Å². The molecule has 0 amide bonds. The second kappa shape index (κ2) is 36.5. The number of nitrogens with two attached hydrogens (primary N) is 1. The fourth-order valence-electron chi connectivity index (χ4n) is 12.5. The van der Waals surface area contributed by atoms with Gasteiger partial charge in [-0.2, -0.15) is 0 Å². The van der Waals surface area contributed by atoms with Crippen molar-refractivity contribution in [3.8, 4) is 0 Å². The van der Waals surface area contributed by atoms with Gasteiger partial charge in [0.1, 0.15) is 0 Å². The molecule has 0 bridgehead atoms. The average molecular weight is 1190 g/mol. The van der Waals surface area contributed by atoms with Gasteiger partial charge in [-0.3, -0.25) is 9.89 Å². The first-order valence-electron chi connectivity index (χ1n) is 28.7. The molecule has 0 aromatic heterocycles. The van der Waals surface area contributed by atoms with E-state index in [1.807, 2.05) is 36.4 Å². The number of rotatable bonds is 18. The Balaban J connectivity index is 0.000000301. The summed E-state index contributed by atoms with van der Waals surface area (Å²) in [5.74, 6) is 0.702. The molecule has 0 aliphatic heterocycles. The van der Waals surface area contributed by atoms with E-state index in [9.17, 15) is 10.2 Å². The summed E-state index contributed by atoms with van der Waals surface area (Å²) in [7, 11) is 0. The van der Waals surface area contributed by atoms with Crippen LogP contribution in [0.5, 0.6) is 0 Å². The van der Waals surface area contributed by atoms with Gasteiger partial charge in [0.25, 0.3) is 0 Å². The summed E-state index contributed by atoms with van der Waals surface area (Å²) >= 11 is 21.4. The van der Waals surface area contributed by atoms with Crippen LogP contribution in [0.4, 0.5) is 5.69 Å². The molecule has 15 heteroatoms. The van der Waals surface area contributed by atoms with Gasteiger partial charge in [-0.05, 0) is 100 Å². The van der Waals surface area contributed by atoms with Gasteiger partial charge in [0.2, 0.25) is 0 Å². The molecule has 5 saturated carbocycles. The van der Waals surface area contributed by atoms with Gasteiger partial charge in [0.15, 0.2) is 4.33 Å². The fourth-order valence-corrected chi connectivity index (χ4v) is 13.4. The van der Waals surface area contributed by atoms with Crippen LogP contribution >= 0.6 is 46.4 Å². The number of alkyl halides is 2. The van der Waals surface area contributed by atoms with Crippen molar-refractivity contribution in [2.45, 2.75) is 228 Å². The molecule has 6 aliphatic carbocycles. The Bertz CT molecular complexity index is 2220. The number of benzene rings is 3. The van der Waals surface area contributed by atoms with Crippen molar-refractivity contribution >= 4 is 52.1 Å². The van der Waals surface area contributed by atoms with Crippen LogP contribution in [0.2, 0.25) is 0 Å². The molecule has 10 rings (SSSR count). The monoisotopic (exact) mass is 1180 g/mol. The molecule has 0 radical (unpaired) electrons. The third kappa shape index (κ3) is 21.1. The largest absolute Gasteiger partial charge is 1.00 e. The summed E-state index contributed by atoms with van der Waals surface area (Å²) in [6.07, 6.45) is 30.3. The topological polar surface area (TPSA) is 148 Å². The number of hydrogen-bond donors (Lipinski definition) is 5. The van der Waals surface area contributed by atoms with E-state index in [1.54, 1.807) is 0 Å². The van der Waals surface area contributed by atoms with Crippen LogP contribution in [-0.4, -0.2) is 104 Å². The average Bonchev–Trinajstić information content (AvgIpc) is 4.37. The zero-order chi connectivity index (χ0) is 52.5. The second-order valence-corrected chi connectivity index (χ2v) is 24.5. The predicted octanol–water partition coefficient (Wildman–Crippen LogP) is 7.26. The Labute approximate surface area is 518 Å². The summed E-state index contributed by atoms with van der Waals surface area (Å²) in [6, 6.07) is 35.2. The Kier molecular flexibility index (Phi) is 33.2. The van der Waals surface area contributed by atoms with Gasteiger partial charge in [0, 0.05) is 53.9 Å². The number of allylic oxidation sites excluding steroid dienone is 2. The summed E-state index contributed by atoms with van der Waals surface area (Å²) in [6.45, 7) is 5.06. The molecule has 9 nitrogen and oxygen atoms in total. The van der Waals surface area contributed by atoms with E-state index in [-0.39, 0.29) is 92.8 Å². The van der Waals surface area contributed by atoms with Gasteiger partial charge < -0.3 is 49.2 Å². The predicted molar refractivity (Wildman–Crippen MR) is 320 cm³/mol. The van der Waals surface area contributed by atoms with Gasteiger partial charge >= 0.3 is 29.6 Å². The molecule has 78 heavy (non-hydrogen) atoms. The summed E-state index contributed by atoms with van der Waals surface area (Å²) in [5, 5.41) is 34.3. The molecule has 0 heterocycles. The number of aliphatic hydroxyl groups is 3. The van der Waals surface area contributed by atoms with Crippen molar-refractivity contribution in [2.24, 2.45) is 16.6 Å². The van der Waals surface area contributed by atoms with Crippen LogP contribution in [0.25, 0.3) is 0 Å². The van der Waals surface area contributed by atoms with E-state index in [0.29, 0.717) is 40.1 Å². The van der Waals surface area contributed by atoms with Gasteiger partial charge in [-0.25, -0.2) is 0 Å². The zero-order valence-corrected chi connectivity index (χ0v) is 52.2. The summed E-state index contributed by atoms with van der Waals surface area (Å²) < 4.78 is -1.02. The Morgan fingerprint density at radius 3 is 1.33 bits per heavy atom.